The van der Waals surface area contributed by atoms with Gasteiger partial charge in [0.2, 0.25) is 11.8 Å². The lowest BCUT2D eigenvalue weighted by Gasteiger charge is -2.21. The number of rotatable bonds is 9. The molecule has 0 aliphatic rings. The summed E-state index contributed by atoms with van der Waals surface area (Å²) < 4.78 is 5.44. The maximum absolute atomic E-state index is 12.7. The molecular weight excluding hydrogens is 410 g/mol. The van der Waals surface area contributed by atoms with Gasteiger partial charge in [-0.2, -0.15) is 0 Å². The molecule has 0 spiro atoms. The second-order valence-corrected chi connectivity index (χ2v) is 8.79. The number of carbonyl (C=O) groups is 2. The predicted octanol–water partition coefficient (Wildman–Crippen LogP) is 4.87. The van der Waals surface area contributed by atoms with Crippen molar-refractivity contribution in [3.8, 4) is 11.3 Å². The Balaban J connectivity index is 1.44. The van der Waals surface area contributed by atoms with Gasteiger partial charge in [-0.15, -0.1) is 11.8 Å². The van der Waals surface area contributed by atoms with Gasteiger partial charge in [-0.3, -0.25) is 9.59 Å². The molecule has 0 saturated heterocycles. The molecule has 6 nitrogen and oxygen atoms in total. The summed E-state index contributed by atoms with van der Waals surface area (Å²) in [7, 11) is 1.83. The Morgan fingerprint density at radius 3 is 2.52 bits per heavy atom. The number of thioether (sulfide) groups is 1. The van der Waals surface area contributed by atoms with E-state index in [4.69, 9.17) is 4.52 Å². The molecule has 162 valence electrons. The topological polar surface area (TPSA) is 75.4 Å². The SMILES string of the molecule is CC(=O)Nc1ccc(SC(C)C(=O)N(C)CCCc2cc(-c3ccccc3)no2)cc1. The van der Waals surface area contributed by atoms with Crippen molar-refractivity contribution in [1.82, 2.24) is 10.1 Å². The van der Waals surface area contributed by atoms with Gasteiger partial charge in [0.25, 0.3) is 0 Å². The largest absolute Gasteiger partial charge is 0.361 e. The first-order valence-corrected chi connectivity index (χ1v) is 11.1. The fraction of sp³-hybridized carbons (Fsp3) is 0.292. The first-order valence-electron chi connectivity index (χ1n) is 10.2. The summed E-state index contributed by atoms with van der Waals surface area (Å²) in [4.78, 5) is 26.6. The normalized spacial score (nSPS) is 11.7. The molecule has 0 aliphatic carbocycles. The van der Waals surface area contributed by atoms with E-state index in [0.717, 1.165) is 40.4 Å². The van der Waals surface area contributed by atoms with Gasteiger partial charge in [-0.05, 0) is 37.6 Å². The third-order valence-electron chi connectivity index (χ3n) is 4.76. The van der Waals surface area contributed by atoms with Gasteiger partial charge in [-0.25, -0.2) is 0 Å². The van der Waals surface area contributed by atoms with Gasteiger partial charge in [0.05, 0.1) is 5.25 Å². The fourth-order valence-corrected chi connectivity index (χ4v) is 4.14. The minimum Gasteiger partial charge on any atom is -0.361 e. The van der Waals surface area contributed by atoms with Crippen LogP contribution in [-0.4, -0.2) is 40.7 Å². The molecule has 3 aromatic rings. The molecule has 0 aliphatic heterocycles. The molecule has 2 amide bonds. The van der Waals surface area contributed by atoms with E-state index in [1.807, 2.05) is 74.6 Å². The summed E-state index contributed by atoms with van der Waals surface area (Å²) in [6.45, 7) is 4.03. The standard InChI is InChI=1S/C24H27N3O3S/c1-17(31-22-13-11-20(12-14-22)25-18(2)28)24(29)27(3)15-7-10-21-16-23(26-30-21)19-8-5-4-6-9-19/h4-6,8-9,11-14,16-17H,7,10,15H2,1-3H3,(H,25,28). The number of benzene rings is 2. The molecule has 0 radical (unpaired) electrons. The Hall–Kier alpha value is -3.06. The summed E-state index contributed by atoms with van der Waals surface area (Å²) in [5, 5.41) is 6.67. The Bertz CT molecular complexity index is 1000. The van der Waals surface area contributed by atoms with Crippen LogP contribution in [0.4, 0.5) is 5.69 Å². The summed E-state index contributed by atoms with van der Waals surface area (Å²) >= 11 is 1.51. The minimum atomic E-state index is -0.202. The molecule has 0 saturated carbocycles. The lowest BCUT2D eigenvalue weighted by molar-refractivity contribution is -0.129. The predicted molar refractivity (Wildman–Crippen MR) is 124 cm³/mol. The van der Waals surface area contributed by atoms with Crippen LogP contribution in [-0.2, 0) is 16.0 Å². The van der Waals surface area contributed by atoms with E-state index in [0.29, 0.717) is 6.54 Å². The van der Waals surface area contributed by atoms with Crippen molar-refractivity contribution >= 4 is 29.3 Å². The van der Waals surface area contributed by atoms with E-state index >= 15 is 0 Å². The van der Waals surface area contributed by atoms with E-state index in [-0.39, 0.29) is 17.1 Å². The number of anilines is 1. The lowest BCUT2D eigenvalue weighted by Crippen LogP contribution is -2.34. The van der Waals surface area contributed by atoms with Crippen LogP contribution in [0, 0.1) is 0 Å². The second-order valence-electron chi connectivity index (χ2n) is 7.37. The van der Waals surface area contributed by atoms with Crippen molar-refractivity contribution in [3.05, 3.63) is 66.4 Å². The van der Waals surface area contributed by atoms with Gasteiger partial charge >= 0.3 is 0 Å². The van der Waals surface area contributed by atoms with Crippen LogP contribution in [0.2, 0.25) is 0 Å². The number of nitrogens with one attached hydrogen (secondary N) is 1. The second kappa shape index (κ2) is 10.8. The highest BCUT2D eigenvalue weighted by molar-refractivity contribution is 8.00. The van der Waals surface area contributed by atoms with Gasteiger partial charge in [0, 0.05) is 49.1 Å². The first kappa shape index (κ1) is 22.6. The van der Waals surface area contributed by atoms with E-state index in [1.165, 1.54) is 18.7 Å². The fourth-order valence-electron chi connectivity index (χ4n) is 3.16. The Morgan fingerprint density at radius 2 is 1.84 bits per heavy atom. The zero-order valence-electron chi connectivity index (χ0n) is 18.0. The Labute approximate surface area is 187 Å². The van der Waals surface area contributed by atoms with Crippen LogP contribution in [0.3, 0.4) is 0 Å². The highest BCUT2D eigenvalue weighted by Gasteiger charge is 2.18. The van der Waals surface area contributed by atoms with Crippen LogP contribution in [0.15, 0.2) is 70.1 Å². The highest BCUT2D eigenvalue weighted by Crippen LogP contribution is 2.26. The number of aryl methyl sites for hydroxylation is 1. The van der Waals surface area contributed by atoms with Crippen molar-refractivity contribution in [2.45, 2.75) is 36.8 Å². The average Bonchev–Trinajstić information content (AvgIpc) is 3.23. The average molecular weight is 438 g/mol. The third kappa shape index (κ3) is 6.72. The zero-order chi connectivity index (χ0) is 22.2. The number of aromatic nitrogens is 1. The van der Waals surface area contributed by atoms with Gasteiger partial charge in [-0.1, -0.05) is 35.5 Å². The van der Waals surface area contributed by atoms with Gasteiger partial charge in [0.15, 0.2) is 0 Å². The summed E-state index contributed by atoms with van der Waals surface area (Å²) in [5.41, 5.74) is 2.60. The highest BCUT2D eigenvalue weighted by atomic mass is 32.2. The molecule has 1 aromatic heterocycles. The van der Waals surface area contributed by atoms with E-state index in [1.54, 1.807) is 4.90 Å². The number of hydrogen-bond acceptors (Lipinski definition) is 5. The first-order chi connectivity index (χ1) is 14.9. The van der Waals surface area contributed by atoms with Crippen LogP contribution < -0.4 is 5.32 Å². The van der Waals surface area contributed by atoms with Crippen LogP contribution in [0.5, 0.6) is 0 Å². The van der Waals surface area contributed by atoms with Crippen molar-refractivity contribution in [1.29, 1.82) is 0 Å². The summed E-state index contributed by atoms with van der Waals surface area (Å²) in [6, 6.07) is 19.4. The molecular formula is C24H27N3O3S. The number of hydrogen-bond donors (Lipinski definition) is 1. The lowest BCUT2D eigenvalue weighted by atomic mass is 10.1. The number of carbonyl (C=O) groups excluding carboxylic acids is 2. The molecule has 1 unspecified atom stereocenters. The molecule has 7 heteroatoms. The van der Waals surface area contributed by atoms with Crippen molar-refractivity contribution < 1.29 is 14.1 Å². The monoisotopic (exact) mass is 437 g/mol. The van der Waals surface area contributed by atoms with Gasteiger partial charge < -0.3 is 14.7 Å². The van der Waals surface area contributed by atoms with Crippen LogP contribution in [0.25, 0.3) is 11.3 Å². The van der Waals surface area contributed by atoms with E-state index in [2.05, 4.69) is 10.5 Å². The van der Waals surface area contributed by atoms with Crippen molar-refractivity contribution in [2.24, 2.45) is 0 Å². The maximum atomic E-state index is 12.7. The van der Waals surface area contributed by atoms with Crippen molar-refractivity contribution in [3.63, 3.8) is 0 Å². The Kier molecular flexibility index (Phi) is 7.89. The molecule has 1 atom stereocenters. The number of nitrogens with zero attached hydrogens (tertiary/aromatic N) is 2. The zero-order valence-corrected chi connectivity index (χ0v) is 18.8. The van der Waals surface area contributed by atoms with E-state index < -0.39 is 0 Å². The maximum Gasteiger partial charge on any atom is 0.235 e. The molecule has 1 N–H and O–H groups in total. The Morgan fingerprint density at radius 1 is 1.13 bits per heavy atom. The summed E-state index contributed by atoms with van der Waals surface area (Å²) in [5.74, 6) is 0.798. The quantitative estimate of drug-likeness (QED) is 0.483. The molecule has 1 heterocycles. The van der Waals surface area contributed by atoms with Crippen LogP contribution in [0.1, 0.15) is 26.0 Å². The molecule has 0 fully saturated rings. The van der Waals surface area contributed by atoms with Crippen molar-refractivity contribution in [2.75, 3.05) is 18.9 Å². The van der Waals surface area contributed by atoms with E-state index in [9.17, 15) is 9.59 Å². The minimum absolute atomic E-state index is 0.0819. The third-order valence-corrected chi connectivity index (χ3v) is 5.86. The molecule has 2 aromatic carbocycles. The van der Waals surface area contributed by atoms with Gasteiger partial charge in [0.1, 0.15) is 11.5 Å². The summed E-state index contributed by atoms with van der Waals surface area (Å²) in [6.07, 6.45) is 1.53. The number of amides is 2. The van der Waals surface area contributed by atoms with Crippen LogP contribution >= 0.6 is 11.8 Å². The molecule has 31 heavy (non-hydrogen) atoms. The molecule has 0 bridgehead atoms. The molecule has 3 rings (SSSR count). The smallest absolute Gasteiger partial charge is 0.235 e.